The van der Waals surface area contributed by atoms with Gasteiger partial charge < -0.3 is 14.4 Å². The van der Waals surface area contributed by atoms with Gasteiger partial charge in [0.15, 0.2) is 0 Å². The Morgan fingerprint density at radius 3 is 2.35 bits per heavy atom. The highest BCUT2D eigenvalue weighted by molar-refractivity contribution is 7.89. The molecular weight excluding hydrogens is 452 g/mol. The average Bonchev–Trinajstić information content (AvgIpc) is 2.88. The van der Waals surface area contributed by atoms with Crippen LogP contribution in [0.4, 0.5) is 0 Å². The van der Waals surface area contributed by atoms with E-state index in [-0.39, 0.29) is 29.6 Å². The van der Waals surface area contributed by atoms with Crippen molar-refractivity contribution in [3.8, 4) is 11.5 Å². The van der Waals surface area contributed by atoms with Crippen LogP contribution < -0.4 is 9.47 Å². The van der Waals surface area contributed by atoms with Crippen molar-refractivity contribution < 1.29 is 22.7 Å². The molecule has 8 heteroatoms. The van der Waals surface area contributed by atoms with Crippen molar-refractivity contribution in [1.29, 1.82) is 0 Å². The third-order valence-electron chi connectivity index (χ3n) is 5.99. The Morgan fingerprint density at radius 1 is 0.941 bits per heavy atom. The highest BCUT2D eigenvalue weighted by Crippen LogP contribution is 2.31. The fourth-order valence-electron chi connectivity index (χ4n) is 4.10. The zero-order valence-electron chi connectivity index (χ0n) is 19.3. The van der Waals surface area contributed by atoms with Gasteiger partial charge in [-0.2, -0.15) is 4.31 Å². The summed E-state index contributed by atoms with van der Waals surface area (Å²) in [6.07, 6.45) is 0.747. The smallest absolute Gasteiger partial charge is 0.247 e. The van der Waals surface area contributed by atoms with Crippen LogP contribution >= 0.6 is 0 Å². The molecule has 0 N–H and O–H groups in total. The van der Waals surface area contributed by atoms with Gasteiger partial charge in [-0.25, -0.2) is 8.42 Å². The van der Waals surface area contributed by atoms with Crippen LogP contribution in [0.15, 0.2) is 77.7 Å². The van der Waals surface area contributed by atoms with Gasteiger partial charge in [0.2, 0.25) is 15.9 Å². The Hall–Kier alpha value is -3.36. The van der Waals surface area contributed by atoms with Crippen molar-refractivity contribution >= 4 is 15.9 Å². The molecule has 1 aliphatic rings. The van der Waals surface area contributed by atoms with E-state index in [1.807, 2.05) is 48.5 Å². The number of carbonyl (C=O) groups excluding carboxylic acids is 1. The number of fused-ring (bicyclic) bond motifs is 1. The number of methoxy groups -OCH3 is 2. The number of benzene rings is 3. The Kier molecular flexibility index (Phi) is 7.19. The average molecular weight is 481 g/mol. The molecule has 0 saturated carbocycles. The van der Waals surface area contributed by atoms with Crippen LogP contribution in [0, 0.1) is 0 Å². The second kappa shape index (κ2) is 10.3. The second-order valence-corrected chi connectivity index (χ2v) is 10.0. The van der Waals surface area contributed by atoms with E-state index in [0.717, 1.165) is 17.5 Å². The zero-order valence-corrected chi connectivity index (χ0v) is 20.1. The lowest BCUT2D eigenvalue weighted by Crippen LogP contribution is -2.44. The highest BCUT2D eigenvalue weighted by atomic mass is 32.2. The molecule has 1 heterocycles. The summed E-state index contributed by atoms with van der Waals surface area (Å²) < 4.78 is 39.4. The first-order valence-electron chi connectivity index (χ1n) is 11.0. The van der Waals surface area contributed by atoms with Crippen molar-refractivity contribution in [2.45, 2.75) is 24.4 Å². The zero-order chi connectivity index (χ0) is 24.1. The van der Waals surface area contributed by atoms with Gasteiger partial charge in [-0.15, -0.1) is 0 Å². The first kappa shape index (κ1) is 23.8. The third kappa shape index (κ3) is 5.08. The van der Waals surface area contributed by atoms with E-state index in [1.165, 1.54) is 30.2 Å². The molecule has 3 aromatic carbocycles. The van der Waals surface area contributed by atoms with Crippen molar-refractivity contribution in [2.75, 3.05) is 27.3 Å². The van der Waals surface area contributed by atoms with Crippen LogP contribution in [-0.4, -0.2) is 50.8 Å². The largest absolute Gasteiger partial charge is 0.497 e. The van der Waals surface area contributed by atoms with Crippen LogP contribution in [-0.2, 0) is 34.3 Å². The molecule has 0 aliphatic carbocycles. The molecule has 0 bridgehead atoms. The number of carbonyl (C=O) groups is 1. The van der Waals surface area contributed by atoms with Gasteiger partial charge in [-0.3, -0.25) is 4.79 Å². The predicted octanol–water partition coefficient (Wildman–Crippen LogP) is 3.48. The van der Waals surface area contributed by atoms with E-state index in [4.69, 9.17) is 9.47 Å². The number of hydrogen-bond acceptors (Lipinski definition) is 5. The monoisotopic (exact) mass is 480 g/mol. The third-order valence-corrected chi connectivity index (χ3v) is 7.80. The van der Waals surface area contributed by atoms with Gasteiger partial charge in [-0.05, 0) is 35.2 Å². The van der Waals surface area contributed by atoms with Crippen LogP contribution in [0.2, 0.25) is 0 Å². The van der Waals surface area contributed by atoms with E-state index in [0.29, 0.717) is 18.8 Å². The van der Waals surface area contributed by atoms with Crippen molar-refractivity contribution in [3.63, 3.8) is 0 Å². The number of ether oxygens (including phenoxy) is 2. The standard InChI is InChI=1S/C26H28N2O5S/c1-32-23-12-13-24(33-2)25(16-23)34(30,31)28(17-20-8-4-3-5-9-20)19-26(29)27-15-14-21-10-6-7-11-22(21)18-27/h3-13,16H,14-15,17-19H2,1-2H3. The number of sulfonamides is 1. The molecule has 0 aromatic heterocycles. The summed E-state index contributed by atoms with van der Waals surface area (Å²) in [5, 5.41) is 0. The molecule has 34 heavy (non-hydrogen) atoms. The van der Waals surface area contributed by atoms with E-state index >= 15 is 0 Å². The van der Waals surface area contributed by atoms with Gasteiger partial charge in [0, 0.05) is 25.7 Å². The fraction of sp³-hybridized carbons (Fsp3) is 0.269. The minimum Gasteiger partial charge on any atom is -0.497 e. The lowest BCUT2D eigenvalue weighted by atomic mass is 10.00. The maximum absolute atomic E-state index is 13.8. The van der Waals surface area contributed by atoms with Gasteiger partial charge >= 0.3 is 0 Å². The van der Waals surface area contributed by atoms with Crippen LogP contribution in [0.1, 0.15) is 16.7 Å². The van der Waals surface area contributed by atoms with Gasteiger partial charge in [0.1, 0.15) is 16.4 Å². The molecule has 7 nitrogen and oxygen atoms in total. The molecule has 0 radical (unpaired) electrons. The molecule has 1 amide bonds. The molecule has 4 rings (SSSR count). The van der Waals surface area contributed by atoms with Gasteiger partial charge in [-0.1, -0.05) is 54.6 Å². The number of amides is 1. The summed E-state index contributed by atoms with van der Waals surface area (Å²) in [7, 11) is -1.20. The number of hydrogen-bond donors (Lipinski definition) is 0. The Morgan fingerprint density at radius 2 is 1.65 bits per heavy atom. The molecule has 1 aliphatic heterocycles. The Labute approximate surface area is 200 Å². The highest BCUT2D eigenvalue weighted by Gasteiger charge is 2.32. The number of nitrogens with zero attached hydrogens (tertiary/aromatic N) is 2. The number of rotatable bonds is 8. The minimum absolute atomic E-state index is 0.0397. The molecule has 0 spiro atoms. The summed E-state index contributed by atoms with van der Waals surface area (Å²) in [4.78, 5) is 15.0. The summed E-state index contributed by atoms with van der Waals surface area (Å²) in [6, 6.07) is 21.9. The first-order chi connectivity index (χ1) is 16.4. The second-order valence-electron chi connectivity index (χ2n) is 8.11. The van der Waals surface area contributed by atoms with Crippen molar-refractivity contribution in [2.24, 2.45) is 0 Å². The van der Waals surface area contributed by atoms with Crippen LogP contribution in [0.25, 0.3) is 0 Å². The lowest BCUT2D eigenvalue weighted by Gasteiger charge is -2.31. The van der Waals surface area contributed by atoms with E-state index < -0.39 is 10.0 Å². The van der Waals surface area contributed by atoms with Gasteiger partial charge in [0.25, 0.3) is 0 Å². The van der Waals surface area contributed by atoms with E-state index in [9.17, 15) is 13.2 Å². The SMILES string of the molecule is COc1ccc(OC)c(S(=O)(=O)N(CC(=O)N2CCc3ccccc3C2)Cc2ccccc2)c1. The Balaban J connectivity index is 1.65. The van der Waals surface area contributed by atoms with Crippen molar-refractivity contribution in [3.05, 3.63) is 89.5 Å². The molecular formula is C26H28N2O5S. The maximum atomic E-state index is 13.8. The fourth-order valence-corrected chi connectivity index (χ4v) is 5.65. The minimum atomic E-state index is -4.09. The maximum Gasteiger partial charge on any atom is 0.247 e. The van der Waals surface area contributed by atoms with Crippen molar-refractivity contribution in [1.82, 2.24) is 9.21 Å². The van der Waals surface area contributed by atoms with Crippen LogP contribution in [0.3, 0.4) is 0 Å². The van der Waals surface area contributed by atoms with E-state index in [2.05, 4.69) is 6.07 Å². The molecule has 0 atom stereocenters. The van der Waals surface area contributed by atoms with E-state index in [1.54, 1.807) is 17.0 Å². The first-order valence-corrected chi connectivity index (χ1v) is 12.5. The normalized spacial score (nSPS) is 13.4. The molecule has 0 unspecified atom stereocenters. The molecule has 0 fully saturated rings. The topological polar surface area (TPSA) is 76.1 Å². The molecule has 0 saturated heterocycles. The molecule has 3 aromatic rings. The summed E-state index contributed by atoms with van der Waals surface area (Å²) >= 11 is 0. The van der Waals surface area contributed by atoms with Crippen LogP contribution in [0.5, 0.6) is 11.5 Å². The molecule has 178 valence electrons. The Bertz CT molecular complexity index is 1260. The summed E-state index contributed by atoms with van der Waals surface area (Å²) in [6.45, 7) is 0.799. The van der Waals surface area contributed by atoms with Gasteiger partial charge in [0.05, 0.1) is 20.8 Å². The predicted molar refractivity (Wildman–Crippen MR) is 129 cm³/mol. The lowest BCUT2D eigenvalue weighted by molar-refractivity contribution is -0.132. The quantitative estimate of drug-likeness (QED) is 0.493. The summed E-state index contributed by atoms with van der Waals surface area (Å²) in [5.41, 5.74) is 3.10. The summed E-state index contributed by atoms with van der Waals surface area (Å²) in [5.74, 6) is 0.340.